The van der Waals surface area contributed by atoms with E-state index in [1.807, 2.05) is 12.1 Å². The number of ether oxygens (including phenoxy) is 1. The number of esters is 1. The first-order valence-corrected chi connectivity index (χ1v) is 8.23. The van der Waals surface area contributed by atoms with E-state index in [1.54, 1.807) is 6.92 Å². The monoisotopic (exact) mass is 314 g/mol. The van der Waals surface area contributed by atoms with Crippen LogP contribution in [0.4, 0.5) is 5.69 Å². The van der Waals surface area contributed by atoms with Crippen molar-refractivity contribution in [3.63, 3.8) is 0 Å². The number of nitrogens with zero attached hydrogens (tertiary/aromatic N) is 3. The highest BCUT2D eigenvalue weighted by molar-refractivity contribution is 5.93. The predicted molar refractivity (Wildman–Crippen MR) is 88.5 cm³/mol. The van der Waals surface area contributed by atoms with Crippen LogP contribution in [0.15, 0.2) is 24.3 Å². The van der Waals surface area contributed by atoms with Gasteiger partial charge in [-0.25, -0.2) is 4.79 Å². The molecule has 6 heteroatoms. The molecule has 1 N–H and O–H groups in total. The highest BCUT2D eigenvalue weighted by Gasteiger charge is 2.19. The van der Waals surface area contributed by atoms with Gasteiger partial charge in [-0.2, -0.15) is 10.3 Å². The van der Waals surface area contributed by atoms with Crippen LogP contribution in [-0.4, -0.2) is 41.1 Å². The molecule has 1 saturated heterocycles. The number of carbonyl (C=O) groups excluding carboxylic acids is 1. The second kappa shape index (κ2) is 7.26. The molecule has 1 fully saturated rings. The molecular formula is C17H22N4O2. The zero-order valence-corrected chi connectivity index (χ0v) is 13.4. The number of aromatic nitrogens is 3. The maximum absolute atomic E-state index is 11.9. The Bertz CT molecular complexity index is 643. The van der Waals surface area contributed by atoms with Gasteiger partial charge in [-0.05, 0) is 31.9 Å². The van der Waals surface area contributed by atoms with Crippen LogP contribution in [0, 0.1) is 0 Å². The summed E-state index contributed by atoms with van der Waals surface area (Å²) in [5.41, 5.74) is 2.84. The highest BCUT2D eigenvalue weighted by atomic mass is 16.5. The van der Waals surface area contributed by atoms with E-state index in [9.17, 15) is 4.79 Å². The first-order valence-electron chi connectivity index (χ1n) is 8.23. The van der Waals surface area contributed by atoms with Crippen molar-refractivity contribution in [1.29, 1.82) is 0 Å². The maximum atomic E-state index is 11.9. The van der Waals surface area contributed by atoms with Crippen LogP contribution in [0.2, 0.25) is 0 Å². The minimum absolute atomic E-state index is 0.231. The van der Waals surface area contributed by atoms with Gasteiger partial charge < -0.3 is 9.64 Å². The van der Waals surface area contributed by atoms with E-state index in [-0.39, 0.29) is 5.69 Å². The van der Waals surface area contributed by atoms with Gasteiger partial charge in [0.2, 0.25) is 0 Å². The third kappa shape index (κ3) is 3.52. The fourth-order valence-corrected chi connectivity index (χ4v) is 2.93. The van der Waals surface area contributed by atoms with Gasteiger partial charge in [0.1, 0.15) is 5.69 Å². The molecular weight excluding hydrogens is 292 g/mol. The molecule has 122 valence electrons. The third-order valence-corrected chi connectivity index (χ3v) is 4.13. The molecule has 2 aromatic rings. The summed E-state index contributed by atoms with van der Waals surface area (Å²) in [5, 5.41) is 10.5. The van der Waals surface area contributed by atoms with Crippen molar-refractivity contribution < 1.29 is 9.53 Å². The Hall–Kier alpha value is -2.37. The number of hydrogen-bond acceptors (Lipinski definition) is 5. The van der Waals surface area contributed by atoms with Crippen molar-refractivity contribution in [2.24, 2.45) is 0 Å². The van der Waals surface area contributed by atoms with Crippen molar-refractivity contribution >= 4 is 11.7 Å². The lowest BCUT2D eigenvalue weighted by Gasteiger charge is -2.22. The van der Waals surface area contributed by atoms with Crippen LogP contribution in [0.5, 0.6) is 0 Å². The normalized spacial score (nSPS) is 15.3. The van der Waals surface area contributed by atoms with Crippen LogP contribution < -0.4 is 4.90 Å². The summed E-state index contributed by atoms with van der Waals surface area (Å²) in [4.78, 5) is 14.3. The molecule has 0 aliphatic carbocycles. The smallest absolute Gasteiger partial charge is 0.361 e. The molecule has 6 nitrogen and oxygen atoms in total. The van der Waals surface area contributed by atoms with Gasteiger partial charge in [-0.1, -0.05) is 25.0 Å². The van der Waals surface area contributed by atoms with E-state index in [2.05, 4.69) is 32.4 Å². The molecule has 0 saturated carbocycles. The zero-order valence-electron chi connectivity index (χ0n) is 13.4. The molecule has 1 aliphatic heterocycles. The Kier molecular flexibility index (Phi) is 4.90. The molecule has 1 aromatic heterocycles. The summed E-state index contributed by atoms with van der Waals surface area (Å²) in [6.45, 7) is 4.31. The number of H-pyrrole nitrogens is 1. The summed E-state index contributed by atoms with van der Waals surface area (Å²) in [7, 11) is 0. The van der Waals surface area contributed by atoms with Gasteiger partial charge in [-0.3, -0.25) is 0 Å². The number of rotatable bonds is 4. The summed E-state index contributed by atoms with van der Waals surface area (Å²) < 4.78 is 5.01. The minimum atomic E-state index is -0.451. The molecule has 0 unspecified atom stereocenters. The summed E-state index contributed by atoms with van der Waals surface area (Å²) in [5.74, 6) is -0.451. The summed E-state index contributed by atoms with van der Waals surface area (Å²) in [6, 6.07) is 8.15. The largest absolute Gasteiger partial charge is 0.461 e. The zero-order chi connectivity index (χ0) is 16.1. The molecule has 0 radical (unpaired) electrons. The second-order valence-corrected chi connectivity index (χ2v) is 5.69. The van der Waals surface area contributed by atoms with Crippen molar-refractivity contribution in [3.8, 4) is 11.3 Å². The van der Waals surface area contributed by atoms with E-state index < -0.39 is 5.97 Å². The molecule has 0 bridgehead atoms. The number of hydrogen-bond donors (Lipinski definition) is 1. The van der Waals surface area contributed by atoms with Crippen LogP contribution in [-0.2, 0) is 4.74 Å². The summed E-state index contributed by atoms with van der Waals surface area (Å²) >= 11 is 0. The van der Waals surface area contributed by atoms with E-state index in [4.69, 9.17) is 4.74 Å². The van der Waals surface area contributed by atoms with Gasteiger partial charge in [0.05, 0.1) is 6.61 Å². The van der Waals surface area contributed by atoms with Gasteiger partial charge in [-0.15, -0.1) is 5.10 Å². The van der Waals surface area contributed by atoms with Crippen molar-refractivity contribution in [1.82, 2.24) is 15.4 Å². The van der Waals surface area contributed by atoms with Crippen molar-refractivity contribution in [3.05, 3.63) is 30.0 Å². The third-order valence-electron chi connectivity index (χ3n) is 4.13. The van der Waals surface area contributed by atoms with Crippen LogP contribution >= 0.6 is 0 Å². The van der Waals surface area contributed by atoms with Crippen LogP contribution in [0.25, 0.3) is 11.3 Å². The maximum Gasteiger partial charge on any atom is 0.361 e. The lowest BCUT2D eigenvalue weighted by molar-refractivity contribution is 0.0520. The Morgan fingerprint density at radius 3 is 2.48 bits per heavy atom. The molecule has 0 spiro atoms. The Morgan fingerprint density at radius 2 is 1.83 bits per heavy atom. The topological polar surface area (TPSA) is 71.1 Å². The fourth-order valence-electron chi connectivity index (χ4n) is 2.93. The second-order valence-electron chi connectivity index (χ2n) is 5.69. The standard InChI is InChI=1S/C17H22N4O2/c1-2-23-17(22)16-15(18-20-19-16)13-7-9-14(10-8-13)21-11-5-3-4-6-12-21/h7-10H,2-6,11-12H2,1H3,(H,18,19,20). The molecule has 0 amide bonds. The lowest BCUT2D eigenvalue weighted by Crippen LogP contribution is -2.23. The van der Waals surface area contributed by atoms with E-state index in [1.165, 1.54) is 31.4 Å². The van der Waals surface area contributed by atoms with E-state index in [0.717, 1.165) is 18.7 Å². The van der Waals surface area contributed by atoms with Gasteiger partial charge in [0, 0.05) is 24.3 Å². The first-order chi connectivity index (χ1) is 11.3. The average Bonchev–Trinajstić information content (AvgIpc) is 2.91. The van der Waals surface area contributed by atoms with Gasteiger partial charge in [0.15, 0.2) is 5.69 Å². The Labute approximate surface area is 135 Å². The van der Waals surface area contributed by atoms with Crippen LogP contribution in [0.3, 0.4) is 0 Å². The molecule has 1 aromatic carbocycles. The number of nitrogens with one attached hydrogen (secondary N) is 1. The van der Waals surface area contributed by atoms with Crippen molar-refractivity contribution in [2.45, 2.75) is 32.6 Å². The van der Waals surface area contributed by atoms with E-state index >= 15 is 0 Å². The molecule has 0 atom stereocenters. The molecule has 2 heterocycles. The molecule has 23 heavy (non-hydrogen) atoms. The minimum Gasteiger partial charge on any atom is -0.461 e. The highest BCUT2D eigenvalue weighted by Crippen LogP contribution is 2.25. The van der Waals surface area contributed by atoms with E-state index in [0.29, 0.717) is 12.3 Å². The lowest BCUT2D eigenvalue weighted by atomic mass is 10.1. The average molecular weight is 314 g/mol. The van der Waals surface area contributed by atoms with Gasteiger partial charge in [0.25, 0.3) is 0 Å². The van der Waals surface area contributed by atoms with Gasteiger partial charge >= 0.3 is 5.97 Å². The number of anilines is 1. The number of aromatic amines is 1. The molecule has 1 aliphatic rings. The predicted octanol–water partition coefficient (Wildman–Crippen LogP) is 3.03. The SMILES string of the molecule is CCOC(=O)c1n[nH]nc1-c1ccc(N2CCCCCC2)cc1. The fraction of sp³-hybridized carbons (Fsp3) is 0.471. The van der Waals surface area contributed by atoms with Crippen LogP contribution in [0.1, 0.15) is 43.1 Å². The van der Waals surface area contributed by atoms with Crippen molar-refractivity contribution in [2.75, 3.05) is 24.6 Å². The first kappa shape index (κ1) is 15.5. The Morgan fingerprint density at radius 1 is 1.13 bits per heavy atom. The Balaban J connectivity index is 1.80. The molecule has 3 rings (SSSR count). The number of benzene rings is 1. The summed E-state index contributed by atoms with van der Waals surface area (Å²) in [6.07, 6.45) is 5.13. The quantitative estimate of drug-likeness (QED) is 0.878. The number of carbonyl (C=O) groups is 1.